The Bertz CT molecular complexity index is 689. The Hall–Kier alpha value is -0.750. The Kier molecular flexibility index (Phi) is 10.2. The van der Waals surface area contributed by atoms with Crippen LogP contribution in [0.1, 0.15) is 59.8 Å². The van der Waals surface area contributed by atoms with E-state index in [0.29, 0.717) is 32.5 Å². The van der Waals surface area contributed by atoms with Gasteiger partial charge in [0.2, 0.25) is 0 Å². The zero-order valence-electron chi connectivity index (χ0n) is 19.8. The summed E-state index contributed by atoms with van der Waals surface area (Å²) in [5, 5.41) is 20.2. The largest absolute Gasteiger partial charge is 0.394 e. The Morgan fingerprint density at radius 3 is 2.52 bits per heavy atom. The molecule has 2 aliphatic heterocycles. The Balaban J connectivity index is 1.76. The number of aliphatic hydroxyl groups is 1. The van der Waals surface area contributed by atoms with Crippen molar-refractivity contribution < 1.29 is 42.4 Å². The van der Waals surface area contributed by atoms with Crippen molar-refractivity contribution in [2.75, 3.05) is 26.3 Å². The lowest BCUT2D eigenvalue weighted by Gasteiger charge is -2.28. The highest BCUT2D eigenvalue weighted by molar-refractivity contribution is 7.53. The van der Waals surface area contributed by atoms with Crippen LogP contribution in [0.25, 0.3) is 0 Å². The maximum atomic E-state index is 13.4. The van der Waals surface area contributed by atoms with Crippen molar-refractivity contribution in [2.45, 2.75) is 90.2 Å². The van der Waals surface area contributed by atoms with E-state index in [2.05, 4.69) is 10.3 Å². The second-order valence-electron chi connectivity index (χ2n) is 9.88. The molecule has 0 bridgehead atoms. The molecule has 2 aliphatic rings. The Morgan fingerprint density at radius 1 is 1.24 bits per heavy atom. The fourth-order valence-electron chi connectivity index (χ4n) is 3.34. The van der Waals surface area contributed by atoms with Crippen LogP contribution in [0.4, 0.5) is 8.78 Å². The third-order valence-corrected chi connectivity index (χ3v) is 6.68. The molecule has 0 aliphatic carbocycles. The molecule has 0 spiro atoms. The van der Waals surface area contributed by atoms with Crippen LogP contribution in [-0.2, 0) is 18.8 Å². The summed E-state index contributed by atoms with van der Waals surface area (Å²) < 4.78 is 54.4. The molecule has 5 atom stereocenters. The lowest BCUT2D eigenvalue weighted by atomic mass is 9.96. The summed E-state index contributed by atoms with van der Waals surface area (Å²) in [6.45, 7) is 9.21. The number of hydrogen-bond acceptors (Lipinski definition) is 8. The number of aliphatic hydroxyl groups excluding tert-OH is 1. The first-order chi connectivity index (χ1) is 15.2. The van der Waals surface area contributed by atoms with Crippen LogP contribution in [0.3, 0.4) is 0 Å². The number of unbranched alkanes of at least 4 members (excludes halogenated alkanes) is 1. The smallest absolute Gasteiger partial charge is 0.368 e. The van der Waals surface area contributed by atoms with Gasteiger partial charge in [0.1, 0.15) is 6.10 Å². The number of alkyl halides is 2. The third-order valence-electron chi connectivity index (χ3n) is 5.60. The molecule has 5 unspecified atom stereocenters. The lowest BCUT2D eigenvalue weighted by Crippen LogP contribution is -2.33. The number of epoxide rings is 1. The van der Waals surface area contributed by atoms with E-state index in [1.165, 1.54) is 0 Å². The summed E-state index contributed by atoms with van der Waals surface area (Å²) in [4.78, 5) is 17.4. The van der Waals surface area contributed by atoms with Gasteiger partial charge in [0.05, 0.1) is 25.8 Å². The van der Waals surface area contributed by atoms with Crippen LogP contribution < -0.4 is 0 Å². The van der Waals surface area contributed by atoms with Crippen molar-refractivity contribution in [1.29, 1.82) is 0 Å². The molecule has 0 aromatic rings. The zero-order valence-corrected chi connectivity index (χ0v) is 20.7. The molecule has 0 amide bonds. The van der Waals surface area contributed by atoms with Gasteiger partial charge in [-0.25, -0.2) is 0 Å². The van der Waals surface area contributed by atoms with E-state index < -0.39 is 31.4 Å². The molecule has 2 rings (SSSR count). The first kappa shape index (κ1) is 28.5. The van der Waals surface area contributed by atoms with Crippen molar-refractivity contribution >= 4 is 7.60 Å². The van der Waals surface area contributed by atoms with Gasteiger partial charge in [-0.05, 0) is 25.7 Å². The van der Waals surface area contributed by atoms with Gasteiger partial charge in [-0.2, -0.15) is 13.9 Å². The summed E-state index contributed by atoms with van der Waals surface area (Å²) in [6.07, 6.45) is -0.133. The summed E-state index contributed by atoms with van der Waals surface area (Å²) in [5.41, 5.74) is -4.42. The highest BCUT2D eigenvalue weighted by Gasteiger charge is 2.47. The van der Waals surface area contributed by atoms with Crippen LogP contribution in [0, 0.1) is 11.3 Å². The molecular weight excluding hydrogens is 463 g/mol. The van der Waals surface area contributed by atoms with Crippen molar-refractivity contribution in [1.82, 2.24) is 5.01 Å². The number of halogens is 2. The van der Waals surface area contributed by atoms with Gasteiger partial charge < -0.3 is 29.1 Å². The quantitative estimate of drug-likeness (QED) is 0.134. The van der Waals surface area contributed by atoms with Gasteiger partial charge in [-0.15, -0.1) is 0 Å². The van der Waals surface area contributed by atoms with Gasteiger partial charge in [0.15, 0.2) is 12.6 Å². The normalized spacial score (nSPS) is 25.5. The van der Waals surface area contributed by atoms with E-state index in [1.54, 1.807) is 5.01 Å². The molecule has 13 heteroatoms. The molecule has 2 heterocycles. The van der Waals surface area contributed by atoms with Gasteiger partial charge in [-0.1, -0.05) is 32.9 Å². The molecule has 0 aromatic carbocycles. The minimum Gasteiger partial charge on any atom is -0.368 e. The van der Waals surface area contributed by atoms with Gasteiger partial charge in [0.25, 0.3) is 0 Å². The number of rotatable bonds is 15. The average Bonchev–Trinajstić information content (AvgIpc) is 3.33. The number of hydrogen-bond donors (Lipinski definition) is 3. The fraction of sp³-hybridized carbons (Fsp3) is 1.00. The molecule has 194 valence electrons. The summed E-state index contributed by atoms with van der Waals surface area (Å²) in [6, 6.07) is -0.132. The summed E-state index contributed by atoms with van der Waals surface area (Å²) >= 11 is 0. The average molecular weight is 502 g/mol. The molecular formula is C20H38F2N3O7P. The van der Waals surface area contributed by atoms with Crippen LogP contribution in [0.2, 0.25) is 0 Å². The number of ether oxygens (including phenoxy) is 3. The lowest BCUT2D eigenvalue weighted by molar-refractivity contribution is -0.171. The second kappa shape index (κ2) is 11.8. The predicted octanol–water partition coefficient (Wildman–Crippen LogP) is 3.52. The van der Waals surface area contributed by atoms with Crippen LogP contribution in [-0.4, -0.2) is 76.6 Å². The monoisotopic (exact) mass is 501 g/mol. The van der Waals surface area contributed by atoms with E-state index in [1.807, 2.05) is 27.7 Å². The van der Waals surface area contributed by atoms with Gasteiger partial charge in [-0.3, -0.25) is 9.57 Å². The van der Waals surface area contributed by atoms with Gasteiger partial charge >= 0.3 is 13.3 Å². The Labute approximate surface area is 193 Å². The van der Waals surface area contributed by atoms with Crippen LogP contribution in [0.5, 0.6) is 0 Å². The van der Waals surface area contributed by atoms with E-state index in [9.17, 15) is 18.5 Å². The molecule has 33 heavy (non-hydrogen) atoms. The minimum atomic E-state index is -5.44. The third kappa shape index (κ3) is 9.43. The zero-order chi connectivity index (χ0) is 24.9. The predicted molar refractivity (Wildman–Crippen MR) is 115 cm³/mol. The molecule has 10 nitrogen and oxygen atoms in total. The highest BCUT2D eigenvalue weighted by atomic mass is 31.2. The van der Waals surface area contributed by atoms with E-state index >= 15 is 0 Å². The van der Waals surface area contributed by atoms with Crippen molar-refractivity contribution in [3.63, 3.8) is 0 Å². The topological polar surface area (TPSA) is 137 Å². The molecule has 3 N–H and O–H groups in total. The molecule has 0 radical (unpaired) electrons. The number of nitrogens with zero attached hydrogens (tertiary/aromatic N) is 3. The Morgan fingerprint density at radius 2 is 1.94 bits per heavy atom. The molecule has 1 saturated heterocycles. The minimum absolute atomic E-state index is 0.0379. The van der Waals surface area contributed by atoms with E-state index in [-0.39, 0.29) is 37.4 Å². The van der Waals surface area contributed by atoms with E-state index in [4.69, 9.17) is 24.0 Å². The van der Waals surface area contributed by atoms with Crippen molar-refractivity contribution in [2.24, 2.45) is 21.7 Å². The summed E-state index contributed by atoms with van der Waals surface area (Å²) in [7, 11) is -5.44. The fourth-order valence-corrected chi connectivity index (χ4v) is 3.79. The summed E-state index contributed by atoms with van der Waals surface area (Å²) in [5.74, 6) is -0.0467. The highest BCUT2D eigenvalue weighted by Crippen LogP contribution is 2.55. The molecule has 0 saturated carbocycles. The SMILES string of the molecule is CCC1OC1OCC(COC(O)C(C)(C)C)CC1CN(CCCCC(F)(F)P(=O)(O)O)N=N1. The maximum Gasteiger partial charge on any atom is 0.394 e. The van der Waals surface area contributed by atoms with E-state index in [0.717, 1.165) is 6.42 Å². The van der Waals surface area contributed by atoms with Crippen LogP contribution in [0.15, 0.2) is 10.3 Å². The first-order valence-corrected chi connectivity index (χ1v) is 13.0. The second-order valence-corrected chi connectivity index (χ2v) is 11.6. The standard InChI is InChI=1S/C20H38F2N3O7P/c1-5-16-17(32-16)30-12-14(13-31-18(26)19(2,3)4)10-15-11-25(24-23-15)9-7-6-8-20(21,22)33(27,28)29/h14-18,26H,5-13H2,1-4H3,(H2,27,28,29). The van der Waals surface area contributed by atoms with Gasteiger partial charge in [0, 0.05) is 24.3 Å². The molecule has 1 fully saturated rings. The maximum absolute atomic E-state index is 13.4. The van der Waals surface area contributed by atoms with Crippen molar-refractivity contribution in [3.05, 3.63) is 0 Å². The molecule has 0 aromatic heterocycles. The van der Waals surface area contributed by atoms with Crippen LogP contribution >= 0.6 is 7.60 Å². The first-order valence-electron chi connectivity index (χ1n) is 11.4. The van der Waals surface area contributed by atoms with Crippen molar-refractivity contribution in [3.8, 4) is 0 Å².